The zero-order valence-electron chi connectivity index (χ0n) is 16.4. The van der Waals surface area contributed by atoms with Gasteiger partial charge in [0.1, 0.15) is 12.7 Å². The molecule has 0 heterocycles. The molecule has 27 heavy (non-hydrogen) atoms. The van der Waals surface area contributed by atoms with E-state index in [0.717, 1.165) is 31.2 Å². The topological polar surface area (TPSA) is 72.8 Å². The van der Waals surface area contributed by atoms with Gasteiger partial charge < -0.3 is 14.6 Å². The number of unbranched alkanes of at least 4 members (excludes halogenated alkanes) is 1. The molecule has 4 unspecified atom stereocenters. The van der Waals surface area contributed by atoms with Gasteiger partial charge in [0.05, 0.1) is 17.9 Å². The van der Waals surface area contributed by atoms with Gasteiger partial charge in [0, 0.05) is 0 Å². The Kier molecular flexibility index (Phi) is 8.79. The van der Waals surface area contributed by atoms with Crippen LogP contribution in [-0.4, -0.2) is 29.3 Å². The summed E-state index contributed by atoms with van der Waals surface area (Å²) in [6.07, 6.45) is 4.34. The van der Waals surface area contributed by atoms with Crippen molar-refractivity contribution in [2.45, 2.75) is 77.6 Å². The lowest BCUT2D eigenvalue weighted by atomic mass is 9.79. The Morgan fingerprint density at radius 3 is 2.33 bits per heavy atom. The van der Waals surface area contributed by atoms with Crippen molar-refractivity contribution < 1.29 is 24.2 Å². The lowest BCUT2D eigenvalue weighted by Gasteiger charge is -2.30. The molecule has 0 amide bonds. The highest BCUT2D eigenvalue weighted by Crippen LogP contribution is 2.33. The van der Waals surface area contributed by atoms with Crippen LogP contribution in [0.2, 0.25) is 0 Å². The van der Waals surface area contributed by atoms with Gasteiger partial charge in [-0.3, -0.25) is 9.59 Å². The molecule has 0 spiro atoms. The van der Waals surface area contributed by atoms with Crippen molar-refractivity contribution in [1.29, 1.82) is 0 Å². The highest BCUT2D eigenvalue weighted by Gasteiger charge is 2.39. The molecule has 1 aliphatic rings. The minimum atomic E-state index is -0.715. The molecular formula is C22H32O5. The summed E-state index contributed by atoms with van der Waals surface area (Å²) in [5.74, 6) is -1.65. The van der Waals surface area contributed by atoms with Gasteiger partial charge in [0.15, 0.2) is 0 Å². The predicted octanol–water partition coefficient (Wildman–Crippen LogP) is 4.02. The fourth-order valence-corrected chi connectivity index (χ4v) is 3.57. The van der Waals surface area contributed by atoms with Gasteiger partial charge in [-0.25, -0.2) is 0 Å². The molecule has 5 heteroatoms. The predicted molar refractivity (Wildman–Crippen MR) is 103 cm³/mol. The summed E-state index contributed by atoms with van der Waals surface area (Å²) < 4.78 is 11.1. The minimum absolute atomic E-state index is 0.213. The molecule has 1 N–H and O–H groups in total. The van der Waals surface area contributed by atoms with Gasteiger partial charge in [0.2, 0.25) is 0 Å². The summed E-state index contributed by atoms with van der Waals surface area (Å²) in [5, 5.41) is 9.90. The van der Waals surface area contributed by atoms with E-state index in [1.54, 1.807) is 6.92 Å². The van der Waals surface area contributed by atoms with Crippen LogP contribution in [0.5, 0.6) is 0 Å². The number of hydrogen-bond donors (Lipinski definition) is 1. The SMILES string of the molecule is CCCCC(OC(=O)C1CCCCC1C(=O)OCc1ccccc1)C(C)O. The normalized spacial score (nSPS) is 21.9. The molecule has 1 saturated carbocycles. The van der Waals surface area contributed by atoms with E-state index in [1.807, 2.05) is 30.3 Å². The monoisotopic (exact) mass is 376 g/mol. The van der Waals surface area contributed by atoms with Crippen molar-refractivity contribution in [3.63, 3.8) is 0 Å². The fraction of sp³-hybridized carbons (Fsp3) is 0.636. The number of hydrogen-bond acceptors (Lipinski definition) is 5. The van der Waals surface area contributed by atoms with Gasteiger partial charge >= 0.3 is 11.9 Å². The molecule has 4 atom stereocenters. The second-order valence-corrected chi connectivity index (χ2v) is 7.45. The third-order valence-electron chi connectivity index (χ3n) is 5.24. The molecule has 2 rings (SSSR count). The van der Waals surface area contributed by atoms with Gasteiger partial charge in [-0.15, -0.1) is 0 Å². The molecule has 0 aliphatic heterocycles. The van der Waals surface area contributed by atoms with E-state index < -0.39 is 24.0 Å². The van der Waals surface area contributed by atoms with Crippen molar-refractivity contribution in [3.05, 3.63) is 35.9 Å². The van der Waals surface area contributed by atoms with Crippen molar-refractivity contribution in [1.82, 2.24) is 0 Å². The Hall–Kier alpha value is -1.88. The largest absolute Gasteiger partial charge is 0.461 e. The van der Waals surface area contributed by atoms with Crippen LogP contribution in [0.1, 0.15) is 64.4 Å². The quantitative estimate of drug-likeness (QED) is 0.659. The molecule has 5 nitrogen and oxygen atoms in total. The van der Waals surface area contributed by atoms with E-state index in [4.69, 9.17) is 9.47 Å². The van der Waals surface area contributed by atoms with Crippen molar-refractivity contribution in [3.8, 4) is 0 Å². The van der Waals surface area contributed by atoms with Crippen molar-refractivity contribution in [2.75, 3.05) is 0 Å². The summed E-state index contributed by atoms with van der Waals surface area (Å²) in [6.45, 7) is 3.91. The number of aliphatic hydroxyl groups is 1. The number of ether oxygens (including phenoxy) is 2. The van der Waals surface area contributed by atoms with E-state index in [9.17, 15) is 14.7 Å². The molecule has 0 aromatic heterocycles. The van der Waals surface area contributed by atoms with Crippen LogP contribution in [0.15, 0.2) is 30.3 Å². The van der Waals surface area contributed by atoms with Crippen LogP contribution in [0.4, 0.5) is 0 Å². The number of esters is 2. The number of carbonyl (C=O) groups is 2. The van der Waals surface area contributed by atoms with Gasteiger partial charge in [0.25, 0.3) is 0 Å². The van der Waals surface area contributed by atoms with E-state index in [2.05, 4.69) is 6.92 Å². The summed E-state index contributed by atoms with van der Waals surface area (Å²) in [7, 11) is 0. The van der Waals surface area contributed by atoms with Gasteiger partial charge in [-0.2, -0.15) is 0 Å². The molecule has 1 aromatic rings. The summed E-state index contributed by atoms with van der Waals surface area (Å²) in [4.78, 5) is 25.3. The second kappa shape index (κ2) is 11.1. The molecule has 0 radical (unpaired) electrons. The van der Waals surface area contributed by atoms with E-state index >= 15 is 0 Å². The Balaban J connectivity index is 1.95. The van der Waals surface area contributed by atoms with Crippen LogP contribution in [0, 0.1) is 11.8 Å². The molecule has 1 aliphatic carbocycles. The lowest BCUT2D eigenvalue weighted by molar-refractivity contribution is -0.170. The van der Waals surface area contributed by atoms with Crippen LogP contribution in [0.25, 0.3) is 0 Å². The van der Waals surface area contributed by atoms with E-state index in [-0.39, 0.29) is 18.5 Å². The molecule has 1 aromatic carbocycles. The maximum atomic E-state index is 12.7. The maximum Gasteiger partial charge on any atom is 0.310 e. The summed E-state index contributed by atoms with van der Waals surface area (Å²) >= 11 is 0. The minimum Gasteiger partial charge on any atom is -0.461 e. The first-order valence-corrected chi connectivity index (χ1v) is 10.1. The van der Waals surface area contributed by atoms with E-state index in [0.29, 0.717) is 19.3 Å². The molecular weight excluding hydrogens is 344 g/mol. The standard InChI is InChI=1S/C22H32O5/c1-3-4-14-20(16(2)23)27-22(25)19-13-9-8-12-18(19)21(24)26-15-17-10-6-5-7-11-17/h5-7,10-11,16,18-20,23H,3-4,8-9,12-15H2,1-2H3. The van der Waals surface area contributed by atoms with Gasteiger partial charge in [-0.05, 0) is 38.2 Å². The van der Waals surface area contributed by atoms with Crippen LogP contribution in [-0.2, 0) is 25.7 Å². The number of carbonyl (C=O) groups excluding carboxylic acids is 2. The van der Waals surface area contributed by atoms with Crippen LogP contribution in [0.3, 0.4) is 0 Å². The smallest absolute Gasteiger partial charge is 0.310 e. The first-order valence-electron chi connectivity index (χ1n) is 10.1. The lowest BCUT2D eigenvalue weighted by Crippen LogP contribution is -2.38. The Bertz CT molecular complexity index is 584. The number of rotatable bonds is 9. The summed E-state index contributed by atoms with van der Waals surface area (Å²) in [5.41, 5.74) is 0.925. The Morgan fingerprint density at radius 2 is 1.74 bits per heavy atom. The first-order chi connectivity index (χ1) is 13.0. The number of aliphatic hydroxyl groups excluding tert-OH is 1. The molecule has 0 saturated heterocycles. The second-order valence-electron chi connectivity index (χ2n) is 7.45. The Morgan fingerprint density at radius 1 is 1.11 bits per heavy atom. The number of benzene rings is 1. The molecule has 150 valence electrons. The van der Waals surface area contributed by atoms with Crippen molar-refractivity contribution in [2.24, 2.45) is 11.8 Å². The zero-order valence-corrected chi connectivity index (χ0v) is 16.4. The molecule has 0 bridgehead atoms. The van der Waals surface area contributed by atoms with Crippen LogP contribution < -0.4 is 0 Å². The summed E-state index contributed by atoms with van der Waals surface area (Å²) in [6, 6.07) is 9.52. The van der Waals surface area contributed by atoms with Crippen molar-refractivity contribution >= 4 is 11.9 Å². The van der Waals surface area contributed by atoms with Crippen LogP contribution >= 0.6 is 0 Å². The third kappa shape index (κ3) is 6.65. The average molecular weight is 376 g/mol. The maximum absolute atomic E-state index is 12.7. The average Bonchev–Trinajstić information content (AvgIpc) is 2.69. The fourth-order valence-electron chi connectivity index (χ4n) is 3.57. The highest BCUT2D eigenvalue weighted by atomic mass is 16.6. The highest BCUT2D eigenvalue weighted by molar-refractivity contribution is 5.82. The first kappa shape index (κ1) is 21.4. The third-order valence-corrected chi connectivity index (χ3v) is 5.24. The van der Waals surface area contributed by atoms with E-state index in [1.165, 1.54) is 0 Å². The molecule has 1 fully saturated rings. The van der Waals surface area contributed by atoms with Gasteiger partial charge in [-0.1, -0.05) is 56.5 Å². The zero-order chi connectivity index (χ0) is 19.6. The Labute approximate surface area is 162 Å².